The van der Waals surface area contributed by atoms with Gasteiger partial charge in [0.25, 0.3) is 5.56 Å². The average molecular weight is 250 g/mol. The van der Waals surface area contributed by atoms with Crippen molar-refractivity contribution in [3.05, 3.63) is 57.9 Å². The zero-order chi connectivity index (χ0) is 13.0. The van der Waals surface area contributed by atoms with Crippen LogP contribution >= 0.6 is 0 Å². The lowest BCUT2D eigenvalue weighted by atomic mass is 10.0. The molecule has 0 bridgehead atoms. The molecule has 0 spiro atoms. The zero-order valence-electron chi connectivity index (χ0n) is 10.7. The second-order valence-electron chi connectivity index (χ2n) is 5.13. The third kappa shape index (κ3) is 1.35. The van der Waals surface area contributed by atoms with Gasteiger partial charge in [-0.3, -0.25) is 4.79 Å². The zero-order valence-corrected chi connectivity index (χ0v) is 10.7. The number of rotatable bonds is 0. The Hall–Kier alpha value is -2.29. The van der Waals surface area contributed by atoms with E-state index in [-0.39, 0.29) is 5.56 Å². The molecule has 19 heavy (non-hydrogen) atoms. The standard InChI is InChI=1S/C16H14N2O/c1-10-6-7-14-15-12(8-9-18(14)16(10)19)11-4-2-3-5-13(11)17-15/h2-7,17H,8-9H2,1H3. The van der Waals surface area contributed by atoms with Gasteiger partial charge in [0.1, 0.15) is 0 Å². The van der Waals surface area contributed by atoms with Crippen molar-refractivity contribution >= 4 is 10.9 Å². The van der Waals surface area contributed by atoms with Crippen molar-refractivity contribution < 1.29 is 0 Å². The van der Waals surface area contributed by atoms with Gasteiger partial charge in [0.15, 0.2) is 0 Å². The lowest BCUT2D eigenvalue weighted by Crippen LogP contribution is -2.27. The van der Waals surface area contributed by atoms with Crippen LogP contribution in [0.1, 0.15) is 11.1 Å². The van der Waals surface area contributed by atoms with Gasteiger partial charge in [0, 0.05) is 23.0 Å². The van der Waals surface area contributed by atoms with Gasteiger partial charge in [-0.2, -0.15) is 0 Å². The highest BCUT2D eigenvalue weighted by Crippen LogP contribution is 2.33. The van der Waals surface area contributed by atoms with Crippen LogP contribution in [0.4, 0.5) is 0 Å². The van der Waals surface area contributed by atoms with Gasteiger partial charge in [-0.05, 0) is 31.0 Å². The Morgan fingerprint density at radius 1 is 1.16 bits per heavy atom. The van der Waals surface area contributed by atoms with Crippen LogP contribution in [0.5, 0.6) is 0 Å². The molecule has 1 N–H and O–H groups in total. The number of aromatic amines is 1. The van der Waals surface area contributed by atoms with Crippen LogP contribution in [0, 0.1) is 6.92 Å². The molecule has 0 aliphatic carbocycles. The SMILES string of the molecule is Cc1ccc2n(c1=O)CCc1c-2[nH]c2ccccc12. The minimum atomic E-state index is 0.127. The van der Waals surface area contributed by atoms with E-state index >= 15 is 0 Å². The molecule has 0 saturated heterocycles. The first-order valence-electron chi connectivity index (χ1n) is 6.56. The first-order valence-corrected chi connectivity index (χ1v) is 6.56. The van der Waals surface area contributed by atoms with Crippen molar-refractivity contribution in [3.63, 3.8) is 0 Å². The number of hydrogen-bond donors (Lipinski definition) is 1. The number of para-hydroxylation sites is 1. The highest BCUT2D eigenvalue weighted by molar-refractivity contribution is 5.90. The van der Waals surface area contributed by atoms with E-state index in [1.807, 2.05) is 29.7 Å². The predicted octanol–water partition coefficient (Wildman–Crippen LogP) is 2.86. The monoisotopic (exact) mass is 250 g/mol. The molecule has 1 aromatic carbocycles. The van der Waals surface area contributed by atoms with Gasteiger partial charge in [0.05, 0.1) is 11.4 Å². The topological polar surface area (TPSA) is 37.8 Å². The Morgan fingerprint density at radius 3 is 2.89 bits per heavy atom. The number of pyridine rings is 1. The normalized spacial score (nSPS) is 13.3. The van der Waals surface area contributed by atoms with E-state index in [1.54, 1.807) is 0 Å². The summed E-state index contributed by atoms with van der Waals surface area (Å²) in [5, 5.41) is 1.27. The molecule has 0 radical (unpaired) electrons. The molecule has 3 heteroatoms. The maximum absolute atomic E-state index is 12.2. The first kappa shape index (κ1) is 10.6. The molecule has 0 saturated carbocycles. The van der Waals surface area contributed by atoms with Gasteiger partial charge < -0.3 is 9.55 Å². The second kappa shape index (κ2) is 3.60. The van der Waals surface area contributed by atoms with Crippen LogP contribution < -0.4 is 5.56 Å². The number of nitrogens with one attached hydrogen (secondary N) is 1. The summed E-state index contributed by atoms with van der Waals surface area (Å²) in [6.07, 6.45) is 0.912. The smallest absolute Gasteiger partial charge is 0.253 e. The second-order valence-corrected chi connectivity index (χ2v) is 5.13. The van der Waals surface area contributed by atoms with Crippen molar-refractivity contribution in [1.82, 2.24) is 9.55 Å². The van der Waals surface area contributed by atoms with Crippen molar-refractivity contribution in [2.45, 2.75) is 19.9 Å². The maximum atomic E-state index is 12.2. The van der Waals surface area contributed by atoms with Crippen molar-refractivity contribution in [3.8, 4) is 11.4 Å². The van der Waals surface area contributed by atoms with Crippen LogP contribution in [0.25, 0.3) is 22.3 Å². The number of H-pyrrole nitrogens is 1. The van der Waals surface area contributed by atoms with E-state index in [0.717, 1.165) is 35.4 Å². The number of benzene rings is 1. The number of aryl methyl sites for hydroxylation is 2. The van der Waals surface area contributed by atoms with E-state index in [0.29, 0.717) is 0 Å². The highest BCUT2D eigenvalue weighted by atomic mass is 16.1. The lowest BCUT2D eigenvalue weighted by molar-refractivity contribution is 0.656. The molecule has 0 unspecified atom stereocenters. The molecular weight excluding hydrogens is 236 g/mol. The molecule has 0 atom stereocenters. The highest BCUT2D eigenvalue weighted by Gasteiger charge is 2.21. The van der Waals surface area contributed by atoms with Crippen LogP contribution in [-0.4, -0.2) is 9.55 Å². The van der Waals surface area contributed by atoms with Gasteiger partial charge in [-0.15, -0.1) is 0 Å². The average Bonchev–Trinajstić information content (AvgIpc) is 2.81. The van der Waals surface area contributed by atoms with Crippen LogP contribution in [0.15, 0.2) is 41.2 Å². The third-order valence-corrected chi connectivity index (χ3v) is 4.02. The molecule has 2 aromatic heterocycles. The summed E-state index contributed by atoms with van der Waals surface area (Å²) in [6, 6.07) is 12.3. The molecule has 0 amide bonds. The summed E-state index contributed by atoms with van der Waals surface area (Å²) in [4.78, 5) is 15.6. The van der Waals surface area contributed by atoms with E-state index in [1.165, 1.54) is 10.9 Å². The fourth-order valence-electron chi connectivity index (χ4n) is 3.03. The molecule has 0 fully saturated rings. The van der Waals surface area contributed by atoms with Crippen molar-refractivity contribution in [2.24, 2.45) is 0 Å². The maximum Gasteiger partial charge on any atom is 0.253 e. The summed E-state index contributed by atoms with van der Waals surface area (Å²) in [7, 11) is 0. The largest absolute Gasteiger partial charge is 0.353 e. The Bertz CT molecular complexity index is 855. The number of nitrogens with zero attached hydrogens (tertiary/aromatic N) is 1. The minimum Gasteiger partial charge on any atom is -0.353 e. The van der Waals surface area contributed by atoms with E-state index in [9.17, 15) is 4.79 Å². The lowest BCUT2D eigenvalue weighted by Gasteiger charge is -2.19. The summed E-state index contributed by atoms with van der Waals surface area (Å²) in [5.41, 5.74) is 5.52. The van der Waals surface area contributed by atoms with Crippen molar-refractivity contribution in [2.75, 3.05) is 0 Å². The van der Waals surface area contributed by atoms with Gasteiger partial charge >= 0.3 is 0 Å². The molecule has 3 nitrogen and oxygen atoms in total. The Balaban J connectivity index is 2.10. The number of hydrogen-bond acceptors (Lipinski definition) is 1. The Labute approximate surface area is 110 Å². The number of fused-ring (bicyclic) bond motifs is 5. The molecule has 3 aromatic rings. The Kier molecular flexibility index (Phi) is 2.01. The van der Waals surface area contributed by atoms with Crippen molar-refractivity contribution in [1.29, 1.82) is 0 Å². The molecular formula is C16H14N2O. The van der Waals surface area contributed by atoms with Crippen LogP contribution in [0.3, 0.4) is 0 Å². The van der Waals surface area contributed by atoms with E-state index in [4.69, 9.17) is 0 Å². The molecule has 1 aliphatic rings. The van der Waals surface area contributed by atoms with E-state index in [2.05, 4.69) is 23.2 Å². The fraction of sp³-hybridized carbons (Fsp3) is 0.188. The molecule has 4 rings (SSSR count). The van der Waals surface area contributed by atoms with Crippen LogP contribution in [0.2, 0.25) is 0 Å². The summed E-state index contributed by atoms with van der Waals surface area (Å²) in [5.74, 6) is 0. The first-order chi connectivity index (χ1) is 9.25. The number of aromatic nitrogens is 2. The van der Waals surface area contributed by atoms with Gasteiger partial charge in [-0.25, -0.2) is 0 Å². The molecule has 3 heterocycles. The predicted molar refractivity (Wildman–Crippen MR) is 76.4 cm³/mol. The molecule has 1 aliphatic heterocycles. The minimum absolute atomic E-state index is 0.127. The summed E-state index contributed by atoms with van der Waals surface area (Å²) < 4.78 is 1.88. The quantitative estimate of drug-likeness (QED) is 0.654. The van der Waals surface area contributed by atoms with Crippen LogP contribution in [-0.2, 0) is 13.0 Å². The molecule has 94 valence electrons. The van der Waals surface area contributed by atoms with Gasteiger partial charge in [-0.1, -0.05) is 24.3 Å². The van der Waals surface area contributed by atoms with Gasteiger partial charge in [0.2, 0.25) is 0 Å². The Morgan fingerprint density at radius 2 is 2.00 bits per heavy atom. The third-order valence-electron chi connectivity index (χ3n) is 4.02. The fourth-order valence-corrected chi connectivity index (χ4v) is 3.03. The summed E-state index contributed by atoms with van der Waals surface area (Å²) >= 11 is 0. The van der Waals surface area contributed by atoms with E-state index < -0.39 is 0 Å². The summed E-state index contributed by atoms with van der Waals surface area (Å²) in [6.45, 7) is 2.64.